The third kappa shape index (κ3) is 4.27. The lowest BCUT2D eigenvalue weighted by Gasteiger charge is -2.36. The number of hydrogen-bond acceptors (Lipinski definition) is 5. The Labute approximate surface area is 152 Å². The number of anilines is 2. The minimum atomic E-state index is -0.289. The number of rotatable bonds is 4. The molecule has 0 bridgehead atoms. The number of aryl methyl sites for hydroxylation is 1. The topological polar surface area (TPSA) is 61.4 Å². The summed E-state index contributed by atoms with van der Waals surface area (Å²) in [6.07, 6.45) is 3.06. The third-order valence-electron chi connectivity index (χ3n) is 4.38. The number of piperazine rings is 1. The molecule has 1 aliphatic rings. The first-order valence-corrected chi connectivity index (χ1v) is 8.81. The van der Waals surface area contributed by atoms with Crippen molar-refractivity contribution in [2.75, 3.05) is 42.9 Å². The van der Waals surface area contributed by atoms with E-state index in [4.69, 9.17) is 11.6 Å². The minimum absolute atomic E-state index is 0.285. The second-order valence-corrected chi connectivity index (χ2v) is 6.52. The maximum absolute atomic E-state index is 12.5. The molecule has 132 valence electrons. The molecule has 2 aromatic rings. The molecule has 2 heterocycles. The molecule has 0 atom stereocenters. The number of halogens is 1. The van der Waals surface area contributed by atoms with Crippen LogP contribution in [0.2, 0.25) is 5.02 Å². The number of carbonyl (C=O) groups excluding carboxylic acids is 1. The molecule has 7 heteroatoms. The first kappa shape index (κ1) is 17.6. The first-order valence-electron chi connectivity index (χ1n) is 8.43. The summed E-state index contributed by atoms with van der Waals surface area (Å²) in [5.74, 6) is -0.289. The summed E-state index contributed by atoms with van der Waals surface area (Å²) in [5.41, 5.74) is 2.74. The van der Waals surface area contributed by atoms with Crippen LogP contribution in [0.4, 0.5) is 11.4 Å². The molecule has 1 amide bonds. The van der Waals surface area contributed by atoms with Crippen molar-refractivity contribution in [1.29, 1.82) is 0 Å². The summed E-state index contributed by atoms with van der Waals surface area (Å²) in [5, 5.41) is 3.51. The van der Waals surface area contributed by atoms with E-state index in [0.717, 1.165) is 44.1 Å². The van der Waals surface area contributed by atoms with Gasteiger partial charge in [0.15, 0.2) is 0 Å². The maximum Gasteiger partial charge on any atom is 0.275 e. The van der Waals surface area contributed by atoms with Crippen LogP contribution in [0.25, 0.3) is 0 Å². The van der Waals surface area contributed by atoms with Gasteiger partial charge < -0.3 is 15.1 Å². The molecule has 1 fully saturated rings. The molecule has 0 unspecified atom stereocenters. The van der Waals surface area contributed by atoms with Crippen molar-refractivity contribution in [3.05, 3.63) is 47.0 Å². The fourth-order valence-electron chi connectivity index (χ4n) is 2.89. The summed E-state index contributed by atoms with van der Waals surface area (Å²) >= 11 is 6.15. The fraction of sp³-hybridized carbons (Fsp3) is 0.389. The highest BCUT2D eigenvalue weighted by atomic mass is 35.5. The van der Waals surface area contributed by atoms with Gasteiger partial charge in [-0.05, 0) is 31.7 Å². The molecule has 0 aliphatic carbocycles. The van der Waals surface area contributed by atoms with Crippen LogP contribution < -0.4 is 10.2 Å². The number of nitrogens with one attached hydrogen (secondary N) is 1. The van der Waals surface area contributed by atoms with E-state index in [0.29, 0.717) is 10.7 Å². The molecule has 1 aliphatic heterocycles. The minimum Gasteiger partial charge on any atom is -0.367 e. The van der Waals surface area contributed by atoms with Crippen LogP contribution in [-0.4, -0.2) is 53.5 Å². The van der Waals surface area contributed by atoms with Gasteiger partial charge in [0.1, 0.15) is 5.69 Å². The Kier molecular flexibility index (Phi) is 5.50. The molecule has 0 spiro atoms. The fourth-order valence-corrected chi connectivity index (χ4v) is 3.06. The van der Waals surface area contributed by atoms with Gasteiger partial charge in [-0.15, -0.1) is 0 Å². The predicted octanol–water partition coefficient (Wildman–Crippen LogP) is 2.83. The van der Waals surface area contributed by atoms with Gasteiger partial charge in [-0.1, -0.05) is 18.5 Å². The average Bonchev–Trinajstić information content (AvgIpc) is 2.62. The van der Waals surface area contributed by atoms with Crippen LogP contribution in [0.15, 0.2) is 30.6 Å². The van der Waals surface area contributed by atoms with E-state index in [1.165, 1.54) is 6.20 Å². The summed E-state index contributed by atoms with van der Waals surface area (Å²) < 4.78 is 0. The Morgan fingerprint density at radius 2 is 1.96 bits per heavy atom. The summed E-state index contributed by atoms with van der Waals surface area (Å²) in [4.78, 5) is 25.4. The molecule has 1 aromatic heterocycles. The zero-order valence-corrected chi connectivity index (χ0v) is 15.3. The molecular weight excluding hydrogens is 338 g/mol. The van der Waals surface area contributed by atoms with Gasteiger partial charge in [-0.2, -0.15) is 0 Å². The van der Waals surface area contributed by atoms with Crippen molar-refractivity contribution in [3.8, 4) is 0 Å². The van der Waals surface area contributed by atoms with Crippen LogP contribution in [0.3, 0.4) is 0 Å². The number of aromatic nitrogens is 2. The number of hydrogen-bond donors (Lipinski definition) is 1. The van der Waals surface area contributed by atoms with Crippen LogP contribution in [0.1, 0.15) is 23.1 Å². The average molecular weight is 360 g/mol. The Morgan fingerprint density at radius 1 is 1.20 bits per heavy atom. The normalized spacial score (nSPS) is 15.2. The zero-order valence-electron chi connectivity index (χ0n) is 14.5. The van der Waals surface area contributed by atoms with Gasteiger partial charge in [-0.25, -0.2) is 4.98 Å². The van der Waals surface area contributed by atoms with Gasteiger partial charge in [0.2, 0.25) is 0 Å². The summed E-state index contributed by atoms with van der Waals surface area (Å²) in [7, 11) is 0. The second kappa shape index (κ2) is 7.80. The molecule has 1 saturated heterocycles. The molecule has 3 rings (SSSR count). The molecule has 1 N–H and O–H groups in total. The third-order valence-corrected chi connectivity index (χ3v) is 4.62. The van der Waals surface area contributed by atoms with Gasteiger partial charge in [0.05, 0.1) is 23.3 Å². The molecule has 1 aromatic carbocycles. The Balaban J connectivity index is 1.79. The zero-order chi connectivity index (χ0) is 17.8. The van der Waals surface area contributed by atoms with Gasteiger partial charge in [0.25, 0.3) is 5.91 Å². The van der Waals surface area contributed by atoms with Gasteiger partial charge in [-0.3, -0.25) is 9.78 Å². The summed E-state index contributed by atoms with van der Waals surface area (Å²) in [6, 6.07) is 5.59. The molecule has 25 heavy (non-hydrogen) atoms. The molecule has 6 nitrogen and oxygen atoms in total. The molecule has 0 saturated carbocycles. The SMILES string of the molecule is CCN1CCN(c2ccc(Cl)cc2NC(=O)c2cnc(C)cn2)CC1. The number of benzene rings is 1. The lowest BCUT2D eigenvalue weighted by molar-refractivity contribution is 0.102. The summed E-state index contributed by atoms with van der Waals surface area (Å²) in [6.45, 7) is 8.92. The smallest absolute Gasteiger partial charge is 0.275 e. The highest BCUT2D eigenvalue weighted by Gasteiger charge is 2.20. The monoisotopic (exact) mass is 359 g/mol. The first-order chi connectivity index (χ1) is 12.1. The van der Waals surface area contributed by atoms with Crippen LogP contribution in [0, 0.1) is 6.92 Å². The number of carbonyl (C=O) groups is 1. The highest BCUT2D eigenvalue weighted by molar-refractivity contribution is 6.31. The van der Waals surface area contributed by atoms with E-state index >= 15 is 0 Å². The molecule has 0 radical (unpaired) electrons. The van der Waals surface area contributed by atoms with E-state index in [1.807, 2.05) is 19.1 Å². The van der Waals surface area contributed by atoms with E-state index in [2.05, 4.69) is 32.0 Å². The maximum atomic E-state index is 12.5. The van der Waals surface area contributed by atoms with Crippen molar-refractivity contribution in [2.45, 2.75) is 13.8 Å². The Morgan fingerprint density at radius 3 is 2.60 bits per heavy atom. The van der Waals surface area contributed by atoms with Gasteiger partial charge in [0, 0.05) is 37.4 Å². The lowest BCUT2D eigenvalue weighted by atomic mass is 10.2. The highest BCUT2D eigenvalue weighted by Crippen LogP contribution is 2.30. The largest absolute Gasteiger partial charge is 0.367 e. The van der Waals surface area contributed by atoms with E-state index < -0.39 is 0 Å². The van der Waals surface area contributed by atoms with Gasteiger partial charge >= 0.3 is 0 Å². The standard InChI is InChI=1S/C18H22ClN5O/c1-3-23-6-8-24(9-7-23)17-5-4-14(19)10-15(17)22-18(25)16-12-20-13(2)11-21-16/h4-5,10-12H,3,6-9H2,1-2H3,(H,22,25). The van der Waals surface area contributed by atoms with Crippen molar-refractivity contribution < 1.29 is 4.79 Å². The van der Waals surface area contributed by atoms with Crippen LogP contribution in [-0.2, 0) is 0 Å². The van der Waals surface area contributed by atoms with Crippen molar-refractivity contribution in [2.24, 2.45) is 0 Å². The van der Waals surface area contributed by atoms with Crippen LogP contribution >= 0.6 is 11.6 Å². The van der Waals surface area contributed by atoms with E-state index in [1.54, 1.807) is 12.3 Å². The number of amides is 1. The second-order valence-electron chi connectivity index (χ2n) is 6.08. The van der Waals surface area contributed by atoms with Crippen molar-refractivity contribution >= 4 is 28.9 Å². The Hall–Kier alpha value is -2.18. The number of likely N-dealkylation sites (N-methyl/N-ethyl adjacent to an activating group) is 1. The number of nitrogens with zero attached hydrogens (tertiary/aromatic N) is 4. The molecular formula is C18H22ClN5O. The lowest BCUT2D eigenvalue weighted by Crippen LogP contribution is -2.46. The Bertz CT molecular complexity index is 742. The van der Waals surface area contributed by atoms with E-state index in [-0.39, 0.29) is 11.6 Å². The van der Waals surface area contributed by atoms with E-state index in [9.17, 15) is 4.79 Å². The van der Waals surface area contributed by atoms with Crippen molar-refractivity contribution in [1.82, 2.24) is 14.9 Å². The quantitative estimate of drug-likeness (QED) is 0.909. The predicted molar refractivity (Wildman–Crippen MR) is 101 cm³/mol. The van der Waals surface area contributed by atoms with Crippen LogP contribution in [0.5, 0.6) is 0 Å². The van der Waals surface area contributed by atoms with Crippen molar-refractivity contribution in [3.63, 3.8) is 0 Å².